The van der Waals surface area contributed by atoms with Crippen molar-refractivity contribution in [1.29, 1.82) is 0 Å². The average molecular weight is 289 g/mol. The molecule has 0 bridgehead atoms. The summed E-state index contributed by atoms with van der Waals surface area (Å²) in [6.07, 6.45) is 2.49. The van der Waals surface area contributed by atoms with Crippen molar-refractivity contribution < 1.29 is 0 Å². The molecule has 0 aromatic carbocycles. The quantitative estimate of drug-likeness (QED) is 0.813. The Balaban J connectivity index is 1.87. The summed E-state index contributed by atoms with van der Waals surface area (Å²) in [6.45, 7) is 14.6. The average Bonchev–Trinajstić information content (AvgIpc) is 2.88. The zero-order chi connectivity index (χ0) is 15.3. The predicted octanol–water partition coefficient (Wildman–Crippen LogP) is 3.45. The number of likely N-dealkylation sites (tertiary alicyclic amines) is 1. The van der Waals surface area contributed by atoms with E-state index in [1.807, 2.05) is 0 Å². The van der Waals surface area contributed by atoms with Gasteiger partial charge in [0, 0.05) is 19.6 Å². The van der Waals surface area contributed by atoms with Crippen molar-refractivity contribution in [1.82, 2.24) is 15.2 Å². The Morgan fingerprint density at radius 3 is 2.71 bits per heavy atom. The van der Waals surface area contributed by atoms with Crippen molar-refractivity contribution in [2.75, 3.05) is 19.6 Å². The van der Waals surface area contributed by atoms with Gasteiger partial charge < -0.3 is 5.32 Å². The first kappa shape index (κ1) is 16.4. The number of pyridine rings is 1. The third-order valence-electron chi connectivity index (χ3n) is 4.48. The molecule has 0 saturated carbocycles. The third-order valence-corrected chi connectivity index (χ3v) is 4.48. The summed E-state index contributed by atoms with van der Waals surface area (Å²) < 4.78 is 0. The van der Waals surface area contributed by atoms with Crippen LogP contribution in [0.4, 0.5) is 0 Å². The van der Waals surface area contributed by atoms with Crippen LogP contribution < -0.4 is 5.32 Å². The molecule has 1 fully saturated rings. The second-order valence-electron chi connectivity index (χ2n) is 7.38. The molecule has 1 saturated heterocycles. The minimum absolute atomic E-state index is 0.425. The van der Waals surface area contributed by atoms with Crippen molar-refractivity contribution in [2.24, 2.45) is 11.3 Å². The molecule has 2 rings (SSSR count). The zero-order valence-corrected chi connectivity index (χ0v) is 14.2. The maximum atomic E-state index is 4.79. The smallest absolute Gasteiger partial charge is 0.0547 e. The van der Waals surface area contributed by atoms with Gasteiger partial charge in [0.05, 0.1) is 11.4 Å². The number of hydrogen-bond donors (Lipinski definition) is 1. The van der Waals surface area contributed by atoms with E-state index < -0.39 is 0 Å². The molecule has 0 radical (unpaired) electrons. The van der Waals surface area contributed by atoms with Crippen molar-refractivity contribution >= 4 is 0 Å². The maximum Gasteiger partial charge on any atom is 0.0547 e. The summed E-state index contributed by atoms with van der Waals surface area (Å²) in [6, 6.07) is 6.42. The van der Waals surface area contributed by atoms with Crippen LogP contribution in [0.25, 0.3) is 0 Å². The largest absolute Gasteiger partial charge is 0.311 e. The van der Waals surface area contributed by atoms with Crippen LogP contribution in [0.15, 0.2) is 18.2 Å². The van der Waals surface area contributed by atoms with Gasteiger partial charge in [0.1, 0.15) is 0 Å². The van der Waals surface area contributed by atoms with Crippen LogP contribution in [0.1, 0.15) is 51.9 Å². The molecule has 0 amide bonds. The first-order valence-electron chi connectivity index (χ1n) is 8.37. The molecule has 118 valence electrons. The van der Waals surface area contributed by atoms with Crippen molar-refractivity contribution in [2.45, 2.75) is 53.6 Å². The molecule has 1 atom stereocenters. The molecular formula is C18H31N3. The molecule has 0 spiro atoms. The highest BCUT2D eigenvalue weighted by atomic mass is 15.2. The van der Waals surface area contributed by atoms with Gasteiger partial charge in [-0.05, 0) is 49.4 Å². The minimum atomic E-state index is 0.425. The summed E-state index contributed by atoms with van der Waals surface area (Å²) in [5, 5.41) is 3.42. The molecule has 1 aliphatic rings. The number of nitrogens with zero attached hydrogens (tertiary/aromatic N) is 2. The van der Waals surface area contributed by atoms with Gasteiger partial charge in [-0.25, -0.2) is 0 Å². The summed E-state index contributed by atoms with van der Waals surface area (Å²) >= 11 is 0. The molecule has 1 N–H and O–H groups in total. The van der Waals surface area contributed by atoms with Gasteiger partial charge in [0.2, 0.25) is 0 Å². The number of aromatic nitrogens is 1. The lowest BCUT2D eigenvalue weighted by Gasteiger charge is -2.27. The topological polar surface area (TPSA) is 28.2 Å². The molecule has 1 aromatic rings. The van der Waals surface area contributed by atoms with Gasteiger partial charge >= 0.3 is 0 Å². The molecule has 1 aliphatic heterocycles. The Bertz CT molecular complexity index is 436. The second-order valence-corrected chi connectivity index (χ2v) is 7.38. The Hall–Kier alpha value is -0.930. The molecule has 3 nitrogen and oxygen atoms in total. The van der Waals surface area contributed by atoms with E-state index in [0.29, 0.717) is 5.41 Å². The highest BCUT2D eigenvalue weighted by Gasteiger charge is 2.31. The van der Waals surface area contributed by atoms with Crippen molar-refractivity contribution in [3.8, 4) is 0 Å². The first-order chi connectivity index (χ1) is 9.99. The summed E-state index contributed by atoms with van der Waals surface area (Å²) in [7, 11) is 0. The van der Waals surface area contributed by atoms with Crippen LogP contribution in [0.3, 0.4) is 0 Å². The van der Waals surface area contributed by atoms with E-state index in [0.717, 1.165) is 31.2 Å². The highest BCUT2D eigenvalue weighted by molar-refractivity contribution is 5.11. The van der Waals surface area contributed by atoms with Crippen LogP contribution >= 0.6 is 0 Å². The zero-order valence-electron chi connectivity index (χ0n) is 14.2. The fraction of sp³-hybridized carbons (Fsp3) is 0.722. The van der Waals surface area contributed by atoms with E-state index in [4.69, 9.17) is 4.98 Å². The van der Waals surface area contributed by atoms with Crippen LogP contribution in [0.5, 0.6) is 0 Å². The van der Waals surface area contributed by atoms with Gasteiger partial charge in [-0.2, -0.15) is 0 Å². The van der Waals surface area contributed by atoms with Crippen LogP contribution in [-0.2, 0) is 13.1 Å². The predicted molar refractivity (Wildman–Crippen MR) is 89.1 cm³/mol. The number of nitrogens with one attached hydrogen (secondary N) is 1. The molecule has 2 heterocycles. The minimum Gasteiger partial charge on any atom is -0.311 e. The molecule has 1 aromatic heterocycles. The summed E-state index contributed by atoms with van der Waals surface area (Å²) in [5.41, 5.74) is 2.79. The lowest BCUT2D eigenvalue weighted by Crippen LogP contribution is -2.26. The van der Waals surface area contributed by atoms with E-state index in [1.165, 1.54) is 31.6 Å². The van der Waals surface area contributed by atoms with E-state index >= 15 is 0 Å². The molecule has 3 heteroatoms. The number of rotatable bonds is 6. The molecule has 0 aliphatic carbocycles. The summed E-state index contributed by atoms with van der Waals surface area (Å²) in [5.74, 6) is 0.812. The maximum absolute atomic E-state index is 4.79. The SMILES string of the molecule is CCCNCc1cccc(CN2CCC(C(C)(C)C)C2)n1. The Morgan fingerprint density at radius 2 is 2.05 bits per heavy atom. The Morgan fingerprint density at radius 1 is 1.29 bits per heavy atom. The molecule has 1 unspecified atom stereocenters. The van der Waals surface area contributed by atoms with Gasteiger partial charge in [0.25, 0.3) is 0 Å². The normalized spacial score (nSPS) is 20.1. The van der Waals surface area contributed by atoms with E-state index in [9.17, 15) is 0 Å². The molecular weight excluding hydrogens is 258 g/mol. The number of hydrogen-bond acceptors (Lipinski definition) is 3. The second kappa shape index (κ2) is 7.37. The Labute approximate surface area is 130 Å². The highest BCUT2D eigenvalue weighted by Crippen LogP contribution is 2.33. The van der Waals surface area contributed by atoms with Crippen LogP contribution in [0, 0.1) is 11.3 Å². The van der Waals surface area contributed by atoms with Crippen molar-refractivity contribution in [3.05, 3.63) is 29.6 Å². The van der Waals surface area contributed by atoms with E-state index in [1.54, 1.807) is 0 Å². The third kappa shape index (κ3) is 5.08. The fourth-order valence-corrected chi connectivity index (χ4v) is 3.02. The van der Waals surface area contributed by atoms with Crippen molar-refractivity contribution in [3.63, 3.8) is 0 Å². The monoisotopic (exact) mass is 289 g/mol. The van der Waals surface area contributed by atoms with Gasteiger partial charge in [-0.1, -0.05) is 33.8 Å². The van der Waals surface area contributed by atoms with E-state index in [-0.39, 0.29) is 0 Å². The fourth-order valence-electron chi connectivity index (χ4n) is 3.02. The standard InChI is InChI=1S/C18H31N3/c1-5-10-19-12-16-7-6-8-17(20-16)14-21-11-9-15(13-21)18(2,3)4/h6-8,15,19H,5,9-14H2,1-4H3. The summed E-state index contributed by atoms with van der Waals surface area (Å²) in [4.78, 5) is 7.35. The lowest BCUT2D eigenvalue weighted by molar-refractivity contribution is 0.225. The van der Waals surface area contributed by atoms with Crippen LogP contribution in [0.2, 0.25) is 0 Å². The van der Waals surface area contributed by atoms with Crippen LogP contribution in [-0.4, -0.2) is 29.5 Å². The first-order valence-corrected chi connectivity index (χ1v) is 8.37. The van der Waals surface area contributed by atoms with Gasteiger partial charge in [-0.3, -0.25) is 9.88 Å². The van der Waals surface area contributed by atoms with E-state index in [2.05, 4.69) is 56.1 Å². The molecule has 21 heavy (non-hydrogen) atoms. The van der Waals surface area contributed by atoms with Gasteiger partial charge in [0.15, 0.2) is 0 Å². The lowest BCUT2D eigenvalue weighted by atomic mass is 9.80. The Kier molecular flexibility index (Phi) is 5.77. The van der Waals surface area contributed by atoms with Gasteiger partial charge in [-0.15, -0.1) is 0 Å².